The number of carbonyl (C=O) groups excluding carboxylic acids is 1. The van der Waals surface area contributed by atoms with Gasteiger partial charge in [-0.25, -0.2) is 8.78 Å². The number of hydrogen-bond donors (Lipinski definition) is 2. The molecule has 1 fully saturated rings. The van der Waals surface area contributed by atoms with Gasteiger partial charge < -0.3 is 9.84 Å². The zero-order valence-electron chi connectivity index (χ0n) is 13.8. The second kappa shape index (κ2) is 6.32. The molecule has 0 atom stereocenters. The monoisotopic (exact) mass is 359 g/mol. The summed E-state index contributed by atoms with van der Waals surface area (Å²) in [4.78, 5) is 16.8. The number of aromatic nitrogens is 4. The largest absolute Gasteiger partial charge is 0.339 e. The van der Waals surface area contributed by atoms with E-state index in [0.29, 0.717) is 34.5 Å². The fourth-order valence-electron chi connectivity index (χ4n) is 2.60. The molecule has 1 aliphatic carbocycles. The summed E-state index contributed by atoms with van der Waals surface area (Å²) in [5.74, 6) is 0.809. The van der Waals surface area contributed by atoms with Gasteiger partial charge in [0, 0.05) is 17.0 Å². The molecular formula is C17H15F2N5O2. The molecule has 0 radical (unpaired) electrons. The maximum atomic E-state index is 13.0. The van der Waals surface area contributed by atoms with Crippen LogP contribution < -0.4 is 5.32 Å². The van der Waals surface area contributed by atoms with Gasteiger partial charge >= 0.3 is 0 Å². The number of rotatable bonds is 5. The van der Waals surface area contributed by atoms with Crippen molar-refractivity contribution >= 4 is 11.6 Å². The molecule has 0 spiro atoms. The Labute approximate surface area is 146 Å². The van der Waals surface area contributed by atoms with Crippen molar-refractivity contribution in [1.29, 1.82) is 0 Å². The van der Waals surface area contributed by atoms with Crippen molar-refractivity contribution in [2.45, 2.75) is 32.1 Å². The molecule has 1 amide bonds. The number of halogens is 2. The van der Waals surface area contributed by atoms with Crippen molar-refractivity contribution in [2.75, 3.05) is 5.32 Å². The molecule has 26 heavy (non-hydrogen) atoms. The van der Waals surface area contributed by atoms with E-state index in [0.717, 1.165) is 12.8 Å². The molecule has 7 nitrogen and oxygen atoms in total. The predicted octanol–water partition coefficient (Wildman–Crippen LogP) is 3.84. The molecule has 3 aromatic rings. The van der Waals surface area contributed by atoms with E-state index in [1.54, 1.807) is 31.2 Å². The zero-order chi connectivity index (χ0) is 18.3. The number of nitrogens with zero attached hydrogens (tertiary/aromatic N) is 3. The number of hydrogen-bond acceptors (Lipinski definition) is 5. The summed E-state index contributed by atoms with van der Waals surface area (Å²) in [5, 5.41) is 12.4. The minimum atomic E-state index is -2.79. The molecule has 134 valence electrons. The summed E-state index contributed by atoms with van der Waals surface area (Å²) in [7, 11) is 0. The van der Waals surface area contributed by atoms with E-state index in [-0.39, 0.29) is 5.69 Å². The minimum Gasteiger partial charge on any atom is -0.339 e. The first-order valence-electron chi connectivity index (χ1n) is 8.11. The zero-order valence-corrected chi connectivity index (χ0v) is 13.8. The van der Waals surface area contributed by atoms with Crippen LogP contribution in [0.15, 0.2) is 28.8 Å². The van der Waals surface area contributed by atoms with Gasteiger partial charge in [0.05, 0.1) is 11.4 Å². The molecule has 2 aromatic heterocycles. The summed E-state index contributed by atoms with van der Waals surface area (Å²) >= 11 is 0. The Bertz CT molecular complexity index is 962. The molecule has 0 saturated heterocycles. The van der Waals surface area contributed by atoms with E-state index in [1.807, 2.05) is 0 Å². The van der Waals surface area contributed by atoms with Gasteiger partial charge in [0.15, 0.2) is 5.69 Å². The van der Waals surface area contributed by atoms with Crippen molar-refractivity contribution in [3.8, 4) is 11.4 Å². The highest BCUT2D eigenvalue weighted by Crippen LogP contribution is 2.39. The lowest BCUT2D eigenvalue weighted by Crippen LogP contribution is -2.13. The van der Waals surface area contributed by atoms with Gasteiger partial charge in [-0.1, -0.05) is 17.3 Å². The van der Waals surface area contributed by atoms with E-state index >= 15 is 0 Å². The molecule has 1 aromatic carbocycles. The van der Waals surface area contributed by atoms with Gasteiger partial charge in [0.2, 0.25) is 11.7 Å². The average Bonchev–Trinajstić information content (AvgIpc) is 3.25. The third kappa shape index (κ3) is 3.07. The third-order valence-electron chi connectivity index (χ3n) is 4.17. The predicted molar refractivity (Wildman–Crippen MR) is 87.9 cm³/mol. The third-order valence-corrected chi connectivity index (χ3v) is 4.17. The Morgan fingerprint density at radius 3 is 2.92 bits per heavy atom. The number of alkyl halides is 2. The Morgan fingerprint density at radius 1 is 1.38 bits per heavy atom. The molecule has 0 bridgehead atoms. The van der Waals surface area contributed by atoms with Crippen LogP contribution in [0.4, 0.5) is 14.5 Å². The number of benzene rings is 1. The van der Waals surface area contributed by atoms with Crippen LogP contribution in [0, 0.1) is 6.92 Å². The number of carbonyl (C=O) groups is 1. The number of amides is 1. The number of anilines is 1. The Balaban J connectivity index is 1.58. The van der Waals surface area contributed by atoms with Crippen molar-refractivity contribution in [3.63, 3.8) is 0 Å². The summed E-state index contributed by atoms with van der Waals surface area (Å²) in [5.41, 5.74) is 0.773. The van der Waals surface area contributed by atoms with Gasteiger partial charge in [0.25, 0.3) is 12.3 Å². The highest BCUT2D eigenvalue weighted by Gasteiger charge is 2.30. The van der Waals surface area contributed by atoms with Gasteiger partial charge in [-0.05, 0) is 31.9 Å². The number of H-pyrrole nitrogens is 1. The average molecular weight is 359 g/mol. The Hall–Kier alpha value is -3.10. The van der Waals surface area contributed by atoms with Gasteiger partial charge in [-0.2, -0.15) is 10.1 Å². The van der Waals surface area contributed by atoms with E-state index in [1.165, 1.54) is 0 Å². The van der Waals surface area contributed by atoms with Crippen molar-refractivity contribution < 1.29 is 18.1 Å². The summed E-state index contributed by atoms with van der Waals surface area (Å²) < 4.78 is 31.2. The van der Waals surface area contributed by atoms with Crippen LogP contribution in [0.1, 0.15) is 52.8 Å². The number of nitrogens with one attached hydrogen (secondary N) is 2. The first-order valence-corrected chi connectivity index (χ1v) is 8.11. The maximum Gasteiger partial charge on any atom is 0.284 e. The van der Waals surface area contributed by atoms with Gasteiger partial charge in [0.1, 0.15) is 0 Å². The standard InChI is InChI=1S/C17H15F2N5O2/c1-8-12(13(14(18)19)23-22-8)20-16(25)11-4-2-3-10(7-11)15-21-17(26-24-15)9-5-6-9/h2-4,7,9,14H,5-6H2,1H3,(H,20,25)(H,22,23). The molecule has 2 N–H and O–H groups in total. The normalized spacial score (nSPS) is 14.0. The Morgan fingerprint density at radius 2 is 2.19 bits per heavy atom. The van der Waals surface area contributed by atoms with Crippen LogP contribution in [0.5, 0.6) is 0 Å². The number of aromatic amines is 1. The smallest absolute Gasteiger partial charge is 0.284 e. The summed E-state index contributed by atoms with van der Waals surface area (Å²) in [6, 6.07) is 6.60. The second-order valence-electron chi connectivity index (χ2n) is 6.17. The molecule has 9 heteroatoms. The van der Waals surface area contributed by atoms with Crippen LogP contribution in [0.2, 0.25) is 0 Å². The molecule has 2 heterocycles. The first kappa shape index (κ1) is 16.4. The Kier molecular flexibility index (Phi) is 3.98. The first-order chi connectivity index (χ1) is 12.5. The minimum absolute atomic E-state index is 0.00835. The molecule has 0 unspecified atom stereocenters. The molecule has 1 saturated carbocycles. The van der Waals surface area contributed by atoms with Crippen molar-refractivity contribution in [2.24, 2.45) is 0 Å². The van der Waals surface area contributed by atoms with Gasteiger partial charge in [-0.15, -0.1) is 0 Å². The van der Waals surface area contributed by atoms with E-state index in [4.69, 9.17) is 4.52 Å². The summed E-state index contributed by atoms with van der Waals surface area (Å²) in [6.45, 7) is 1.56. The molecule has 1 aliphatic rings. The number of aryl methyl sites for hydroxylation is 1. The van der Waals surface area contributed by atoms with Crippen LogP contribution in [0.3, 0.4) is 0 Å². The highest BCUT2D eigenvalue weighted by molar-refractivity contribution is 6.05. The summed E-state index contributed by atoms with van der Waals surface area (Å²) in [6.07, 6.45) is -0.706. The lowest BCUT2D eigenvalue weighted by atomic mass is 10.1. The highest BCUT2D eigenvalue weighted by atomic mass is 19.3. The van der Waals surface area contributed by atoms with Crippen molar-refractivity contribution in [3.05, 3.63) is 47.1 Å². The van der Waals surface area contributed by atoms with Crippen LogP contribution in [-0.4, -0.2) is 26.2 Å². The topological polar surface area (TPSA) is 96.7 Å². The maximum absolute atomic E-state index is 13.0. The fraction of sp³-hybridized carbons (Fsp3) is 0.294. The fourth-order valence-corrected chi connectivity index (χ4v) is 2.60. The van der Waals surface area contributed by atoms with E-state index in [9.17, 15) is 13.6 Å². The van der Waals surface area contributed by atoms with Crippen LogP contribution in [0.25, 0.3) is 11.4 Å². The molecular weight excluding hydrogens is 344 g/mol. The lowest BCUT2D eigenvalue weighted by molar-refractivity contribution is 0.102. The molecule has 4 rings (SSSR count). The van der Waals surface area contributed by atoms with Crippen molar-refractivity contribution in [1.82, 2.24) is 20.3 Å². The van der Waals surface area contributed by atoms with Crippen LogP contribution >= 0.6 is 0 Å². The molecule has 0 aliphatic heterocycles. The van der Waals surface area contributed by atoms with Gasteiger partial charge in [-0.3, -0.25) is 9.89 Å². The quantitative estimate of drug-likeness (QED) is 0.721. The van der Waals surface area contributed by atoms with E-state index in [2.05, 4.69) is 25.7 Å². The second-order valence-corrected chi connectivity index (χ2v) is 6.17. The van der Waals surface area contributed by atoms with E-state index < -0.39 is 18.0 Å². The SMILES string of the molecule is Cc1[nH]nc(C(F)F)c1NC(=O)c1cccc(-c2noc(C3CC3)n2)c1. The van der Waals surface area contributed by atoms with Crippen LogP contribution in [-0.2, 0) is 0 Å². The lowest BCUT2D eigenvalue weighted by Gasteiger charge is -2.07.